The second kappa shape index (κ2) is 6.06. The maximum atomic E-state index is 11.5. The van der Waals surface area contributed by atoms with Crippen molar-refractivity contribution in [1.82, 2.24) is 4.98 Å². The van der Waals surface area contributed by atoms with E-state index < -0.39 is 0 Å². The molecule has 5 nitrogen and oxygen atoms in total. The number of carbonyl (C=O) groups is 1. The molecule has 2 rings (SSSR count). The zero-order valence-corrected chi connectivity index (χ0v) is 11.5. The fourth-order valence-corrected chi connectivity index (χ4v) is 1.84. The summed E-state index contributed by atoms with van der Waals surface area (Å²) in [4.78, 5) is 15.7. The van der Waals surface area contributed by atoms with Crippen LogP contribution in [0.3, 0.4) is 0 Å². The van der Waals surface area contributed by atoms with E-state index in [0.29, 0.717) is 11.4 Å². The molecule has 0 fully saturated rings. The minimum absolute atomic E-state index is 0.0518. The third-order valence-corrected chi connectivity index (χ3v) is 2.98. The van der Waals surface area contributed by atoms with Gasteiger partial charge in [-0.3, -0.25) is 0 Å². The molecular formula is C15H17N3O2. The second-order valence-corrected chi connectivity index (χ2v) is 4.45. The lowest BCUT2D eigenvalue weighted by molar-refractivity contribution is 0.0600. The molecule has 1 atom stereocenters. The Morgan fingerprint density at radius 3 is 2.65 bits per heavy atom. The first kappa shape index (κ1) is 13.9. The quantitative estimate of drug-likeness (QED) is 0.660. The lowest BCUT2D eigenvalue weighted by atomic mass is 10.1. The number of nitrogens with two attached hydrogens (primary N) is 1. The average Bonchev–Trinajstić information content (AvgIpc) is 2.47. The molecule has 0 spiro atoms. The molecule has 0 aliphatic rings. The fourth-order valence-electron chi connectivity index (χ4n) is 1.84. The first-order chi connectivity index (χ1) is 9.60. The van der Waals surface area contributed by atoms with Gasteiger partial charge in [0.05, 0.1) is 12.7 Å². The van der Waals surface area contributed by atoms with Gasteiger partial charge in [0.2, 0.25) is 0 Å². The van der Waals surface area contributed by atoms with Gasteiger partial charge in [-0.15, -0.1) is 0 Å². The highest BCUT2D eigenvalue weighted by Crippen LogP contribution is 2.19. The van der Waals surface area contributed by atoms with E-state index in [0.717, 1.165) is 11.3 Å². The third-order valence-electron chi connectivity index (χ3n) is 2.98. The topological polar surface area (TPSA) is 77.2 Å². The van der Waals surface area contributed by atoms with E-state index >= 15 is 0 Å². The van der Waals surface area contributed by atoms with Crippen LogP contribution in [0.25, 0.3) is 0 Å². The van der Waals surface area contributed by atoms with Crippen LogP contribution in [0.2, 0.25) is 0 Å². The number of anilines is 2. The van der Waals surface area contributed by atoms with Gasteiger partial charge in [0.15, 0.2) is 0 Å². The van der Waals surface area contributed by atoms with Crippen LogP contribution in [0, 0.1) is 0 Å². The molecule has 2 aromatic rings. The first-order valence-electron chi connectivity index (χ1n) is 6.26. The van der Waals surface area contributed by atoms with E-state index in [1.807, 2.05) is 31.2 Å². The third kappa shape index (κ3) is 3.26. The van der Waals surface area contributed by atoms with Crippen LogP contribution in [0.1, 0.15) is 28.9 Å². The number of benzene rings is 1. The number of hydrogen-bond donors (Lipinski definition) is 2. The van der Waals surface area contributed by atoms with E-state index in [-0.39, 0.29) is 12.0 Å². The van der Waals surface area contributed by atoms with Gasteiger partial charge >= 0.3 is 5.97 Å². The van der Waals surface area contributed by atoms with Gasteiger partial charge in [0.1, 0.15) is 5.82 Å². The number of methoxy groups -OCH3 is 1. The molecule has 0 aliphatic carbocycles. The van der Waals surface area contributed by atoms with Crippen molar-refractivity contribution in [2.24, 2.45) is 0 Å². The summed E-state index contributed by atoms with van der Waals surface area (Å²) in [5.74, 6) is 0.243. The van der Waals surface area contributed by atoms with Crippen LogP contribution in [-0.2, 0) is 4.74 Å². The summed E-state index contributed by atoms with van der Waals surface area (Å²) >= 11 is 0. The molecule has 1 unspecified atom stereocenters. The lowest BCUT2D eigenvalue weighted by Gasteiger charge is -2.15. The number of nitrogens with zero attached hydrogens (tertiary/aromatic N) is 1. The van der Waals surface area contributed by atoms with Crippen molar-refractivity contribution >= 4 is 17.5 Å². The maximum absolute atomic E-state index is 11.5. The van der Waals surface area contributed by atoms with Crippen molar-refractivity contribution in [2.45, 2.75) is 13.0 Å². The summed E-state index contributed by atoms with van der Waals surface area (Å²) in [6, 6.07) is 11.0. The summed E-state index contributed by atoms with van der Waals surface area (Å²) in [5.41, 5.74) is 7.95. The molecule has 0 aliphatic heterocycles. The summed E-state index contributed by atoms with van der Waals surface area (Å²) in [6.07, 6.45) is 1.57. The van der Waals surface area contributed by atoms with Crippen LogP contribution in [-0.4, -0.2) is 18.1 Å². The molecule has 1 heterocycles. The van der Waals surface area contributed by atoms with Gasteiger partial charge in [-0.25, -0.2) is 9.78 Å². The zero-order valence-electron chi connectivity index (χ0n) is 11.5. The van der Waals surface area contributed by atoms with Crippen molar-refractivity contribution in [3.05, 3.63) is 53.7 Å². The number of pyridine rings is 1. The molecule has 0 radical (unpaired) electrons. The van der Waals surface area contributed by atoms with Gasteiger partial charge in [-0.1, -0.05) is 12.1 Å². The van der Waals surface area contributed by atoms with E-state index in [2.05, 4.69) is 15.0 Å². The van der Waals surface area contributed by atoms with Crippen molar-refractivity contribution in [2.75, 3.05) is 18.2 Å². The molecule has 1 aromatic carbocycles. The molecule has 3 N–H and O–H groups in total. The van der Waals surface area contributed by atoms with Crippen molar-refractivity contribution in [1.29, 1.82) is 0 Å². The van der Waals surface area contributed by atoms with E-state index in [1.165, 1.54) is 7.11 Å². The van der Waals surface area contributed by atoms with Crippen molar-refractivity contribution in [3.8, 4) is 0 Å². The van der Waals surface area contributed by atoms with E-state index in [9.17, 15) is 4.79 Å². The Morgan fingerprint density at radius 1 is 1.30 bits per heavy atom. The minimum Gasteiger partial charge on any atom is -0.465 e. The van der Waals surface area contributed by atoms with Crippen LogP contribution >= 0.6 is 0 Å². The largest absolute Gasteiger partial charge is 0.465 e. The van der Waals surface area contributed by atoms with Crippen molar-refractivity contribution in [3.63, 3.8) is 0 Å². The Morgan fingerprint density at radius 2 is 2.00 bits per heavy atom. The number of nitrogen functional groups attached to an aromatic ring is 1. The Bertz CT molecular complexity index is 596. The molecule has 0 saturated carbocycles. The highest BCUT2D eigenvalue weighted by Gasteiger charge is 2.09. The Labute approximate surface area is 117 Å². The number of hydrogen-bond acceptors (Lipinski definition) is 5. The Kier molecular flexibility index (Phi) is 4.20. The predicted molar refractivity (Wildman–Crippen MR) is 78.5 cm³/mol. The van der Waals surface area contributed by atoms with Crippen LogP contribution in [0.5, 0.6) is 0 Å². The van der Waals surface area contributed by atoms with Crippen LogP contribution < -0.4 is 11.1 Å². The lowest BCUT2D eigenvalue weighted by Crippen LogP contribution is -2.09. The molecule has 0 saturated heterocycles. The number of ether oxygens (including phenoxy) is 1. The predicted octanol–water partition coefficient (Wildman–Crippen LogP) is 2.62. The molecule has 20 heavy (non-hydrogen) atoms. The molecule has 5 heteroatoms. The number of rotatable bonds is 4. The van der Waals surface area contributed by atoms with Gasteiger partial charge in [-0.2, -0.15) is 0 Å². The van der Waals surface area contributed by atoms with Gasteiger partial charge in [0, 0.05) is 17.9 Å². The van der Waals surface area contributed by atoms with Gasteiger partial charge in [-0.05, 0) is 36.8 Å². The highest BCUT2D eigenvalue weighted by atomic mass is 16.5. The van der Waals surface area contributed by atoms with Gasteiger partial charge in [0.25, 0.3) is 0 Å². The smallest absolute Gasteiger partial charge is 0.338 e. The number of carbonyl (C=O) groups excluding carboxylic acids is 1. The number of esters is 1. The van der Waals surface area contributed by atoms with Gasteiger partial charge < -0.3 is 15.8 Å². The minimum atomic E-state index is -0.379. The van der Waals surface area contributed by atoms with E-state index in [4.69, 9.17) is 5.73 Å². The average molecular weight is 271 g/mol. The number of aromatic nitrogens is 1. The van der Waals surface area contributed by atoms with Crippen molar-refractivity contribution < 1.29 is 9.53 Å². The SMILES string of the molecule is COC(=O)c1ccnc(NC(C)c2ccc(N)cc2)c1. The Hall–Kier alpha value is -2.56. The zero-order chi connectivity index (χ0) is 14.5. The standard InChI is InChI=1S/C15H17N3O2/c1-10(11-3-5-13(16)6-4-11)18-14-9-12(7-8-17-14)15(19)20-2/h3-10H,16H2,1-2H3,(H,17,18). The monoisotopic (exact) mass is 271 g/mol. The van der Waals surface area contributed by atoms with Crippen LogP contribution in [0.15, 0.2) is 42.6 Å². The number of nitrogens with one attached hydrogen (secondary N) is 1. The van der Waals surface area contributed by atoms with E-state index in [1.54, 1.807) is 18.3 Å². The normalized spacial score (nSPS) is 11.7. The summed E-state index contributed by atoms with van der Waals surface area (Å²) in [5, 5.41) is 3.24. The maximum Gasteiger partial charge on any atom is 0.338 e. The summed E-state index contributed by atoms with van der Waals surface area (Å²) in [7, 11) is 1.35. The summed E-state index contributed by atoms with van der Waals surface area (Å²) in [6.45, 7) is 2.01. The molecular weight excluding hydrogens is 254 g/mol. The highest BCUT2D eigenvalue weighted by molar-refractivity contribution is 5.90. The first-order valence-corrected chi connectivity index (χ1v) is 6.26. The second-order valence-electron chi connectivity index (χ2n) is 4.45. The Balaban J connectivity index is 2.13. The summed E-state index contributed by atoms with van der Waals surface area (Å²) < 4.78 is 4.69. The molecule has 1 aromatic heterocycles. The fraction of sp³-hybridized carbons (Fsp3) is 0.200. The molecule has 0 bridgehead atoms. The molecule has 0 amide bonds. The molecule has 104 valence electrons. The van der Waals surface area contributed by atoms with Crippen LogP contribution in [0.4, 0.5) is 11.5 Å².